The number of hydrogen-bond acceptors (Lipinski definition) is 6. The van der Waals surface area contributed by atoms with Crippen LogP contribution in [0.1, 0.15) is 12.5 Å². The Morgan fingerprint density at radius 3 is 2.41 bits per heavy atom. The Kier molecular flexibility index (Phi) is 6.56. The van der Waals surface area contributed by atoms with Gasteiger partial charge in [-0.15, -0.1) is 0 Å². The van der Waals surface area contributed by atoms with Crippen molar-refractivity contribution in [2.75, 3.05) is 25.7 Å². The van der Waals surface area contributed by atoms with E-state index in [1.165, 1.54) is 11.3 Å². The molecule has 32 heavy (non-hydrogen) atoms. The number of methoxy groups -OCH3 is 2. The fraction of sp³-hybridized carbons (Fsp3) is 0.200. The molecule has 0 saturated heterocycles. The SMILES string of the molecule is CCOc1ccc(N(C(=O)Cc2ccc(OC)c(OC)c2)c2nc3ccccc3s2)cc1. The summed E-state index contributed by atoms with van der Waals surface area (Å²) in [5.74, 6) is 1.87. The van der Waals surface area contributed by atoms with Crippen molar-refractivity contribution in [2.45, 2.75) is 13.3 Å². The minimum Gasteiger partial charge on any atom is -0.494 e. The molecule has 0 N–H and O–H groups in total. The van der Waals surface area contributed by atoms with Crippen LogP contribution in [0.3, 0.4) is 0 Å². The van der Waals surface area contributed by atoms with Crippen molar-refractivity contribution in [1.29, 1.82) is 0 Å². The van der Waals surface area contributed by atoms with Crippen LogP contribution in [-0.4, -0.2) is 31.7 Å². The summed E-state index contributed by atoms with van der Waals surface area (Å²) in [5.41, 5.74) is 2.42. The lowest BCUT2D eigenvalue weighted by Gasteiger charge is -2.21. The van der Waals surface area contributed by atoms with Gasteiger partial charge in [0, 0.05) is 0 Å². The van der Waals surface area contributed by atoms with Crippen LogP contribution in [0.5, 0.6) is 17.2 Å². The van der Waals surface area contributed by atoms with Crippen LogP contribution >= 0.6 is 11.3 Å². The highest BCUT2D eigenvalue weighted by Gasteiger charge is 2.23. The van der Waals surface area contributed by atoms with E-state index < -0.39 is 0 Å². The smallest absolute Gasteiger partial charge is 0.237 e. The number of carbonyl (C=O) groups excluding carboxylic acids is 1. The van der Waals surface area contributed by atoms with Crippen LogP contribution in [-0.2, 0) is 11.2 Å². The molecule has 0 fully saturated rings. The fourth-order valence-corrected chi connectivity index (χ4v) is 4.42. The van der Waals surface area contributed by atoms with E-state index in [9.17, 15) is 4.79 Å². The van der Waals surface area contributed by atoms with Gasteiger partial charge in [0.05, 0.1) is 43.2 Å². The predicted molar refractivity (Wildman–Crippen MR) is 128 cm³/mol. The zero-order chi connectivity index (χ0) is 22.5. The zero-order valence-electron chi connectivity index (χ0n) is 18.2. The first-order chi connectivity index (χ1) is 15.6. The topological polar surface area (TPSA) is 60.9 Å². The molecule has 1 aromatic heterocycles. The molecule has 4 rings (SSSR count). The van der Waals surface area contributed by atoms with E-state index >= 15 is 0 Å². The van der Waals surface area contributed by atoms with Gasteiger partial charge in [-0.2, -0.15) is 0 Å². The number of rotatable bonds is 8. The lowest BCUT2D eigenvalue weighted by Crippen LogP contribution is -2.27. The van der Waals surface area contributed by atoms with Gasteiger partial charge < -0.3 is 14.2 Å². The number of hydrogen-bond donors (Lipinski definition) is 0. The van der Waals surface area contributed by atoms with E-state index in [-0.39, 0.29) is 12.3 Å². The summed E-state index contributed by atoms with van der Waals surface area (Å²) in [7, 11) is 3.17. The van der Waals surface area contributed by atoms with Crippen molar-refractivity contribution in [2.24, 2.45) is 0 Å². The maximum atomic E-state index is 13.5. The Balaban J connectivity index is 1.70. The molecule has 164 valence electrons. The lowest BCUT2D eigenvalue weighted by molar-refractivity contribution is -0.117. The van der Waals surface area contributed by atoms with Crippen molar-refractivity contribution < 1.29 is 19.0 Å². The lowest BCUT2D eigenvalue weighted by atomic mass is 10.1. The number of aromatic nitrogens is 1. The molecule has 0 atom stereocenters. The number of ether oxygens (including phenoxy) is 3. The molecule has 0 aliphatic rings. The van der Waals surface area contributed by atoms with Crippen LogP contribution in [0.2, 0.25) is 0 Å². The number of para-hydroxylation sites is 1. The number of nitrogens with zero attached hydrogens (tertiary/aromatic N) is 2. The molecule has 0 bridgehead atoms. The van der Waals surface area contributed by atoms with Gasteiger partial charge >= 0.3 is 0 Å². The summed E-state index contributed by atoms with van der Waals surface area (Å²) in [4.78, 5) is 19.9. The Bertz CT molecular complexity index is 1190. The summed E-state index contributed by atoms with van der Waals surface area (Å²) < 4.78 is 17.3. The van der Waals surface area contributed by atoms with Crippen LogP contribution < -0.4 is 19.1 Å². The van der Waals surface area contributed by atoms with Gasteiger partial charge in [0.15, 0.2) is 16.6 Å². The summed E-state index contributed by atoms with van der Waals surface area (Å²) in [6, 6.07) is 20.9. The van der Waals surface area contributed by atoms with Crippen molar-refractivity contribution in [3.63, 3.8) is 0 Å². The molecule has 7 heteroatoms. The molecule has 0 spiro atoms. The Morgan fingerprint density at radius 1 is 0.969 bits per heavy atom. The average Bonchev–Trinajstić information content (AvgIpc) is 3.24. The number of fused-ring (bicyclic) bond motifs is 1. The molecule has 0 aliphatic heterocycles. The van der Waals surface area contributed by atoms with Crippen LogP contribution in [0.25, 0.3) is 10.2 Å². The molecule has 4 aromatic rings. The second-order valence-corrected chi connectivity index (χ2v) is 8.00. The van der Waals surface area contributed by atoms with E-state index in [1.807, 2.05) is 67.6 Å². The standard InChI is InChI=1S/C25H24N2O4S/c1-4-31-19-12-10-18(11-13-19)27(25-26-20-7-5-6-8-23(20)32-25)24(28)16-17-9-14-21(29-2)22(15-17)30-3/h5-15H,4,16H2,1-3H3. The van der Waals surface area contributed by atoms with E-state index in [2.05, 4.69) is 0 Å². The van der Waals surface area contributed by atoms with Gasteiger partial charge in [-0.3, -0.25) is 9.69 Å². The van der Waals surface area contributed by atoms with Crippen molar-refractivity contribution >= 4 is 38.3 Å². The molecule has 0 aliphatic carbocycles. The van der Waals surface area contributed by atoms with Gasteiger partial charge in [0.25, 0.3) is 0 Å². The Morgan fingerprint density at radius 2 is 1.72 bits per heavy atom. The molecule has 0 unspecified atom stereocenters. The predicted octanol–water partition coefficient (Wildman–Crippen LogP) is 5.62. The first-order valence-corrected chi connectivity index (χ1v) is 11.1. The summed E-state index contributed by atoms with van der Waals surface area (Å²) >= 11 is 1.49. The van der Waals surface area contributed by atoms with Crippen LogP contribution in [0.15, 0.2) is 66.7 Å². The molecule has 0 radical (unpaired) electrons. The number of anilines is 2. The van der Waals surface area contributed by atoms with Gasteiger partial charge in [-0.25, -0.2) is 4.98 Å². The largest absolute Gasteiger partial charge is 0.494 e. The van der Waals surface area contributed by atoms with Crippen LogP contribution in [0.4, 0.5) is 10.8 Å². The van der Waals surface area contributed by atoms with Gasteiger partial charge in [0.1, 0.15) is 5.75 Å². The summed E-state index contributed by atoms with van der Waals surface area (Å²) in [5, 5.41) is 0.626. The highest BCUT2D eigenvalue weighted by atomic mass is 32.1. The molecular weight excluding hydrogens is 424 g/mol. The quantitative estimate of drug-likeness (QED) is 0.350. The number of benzene rings is 3. The highest BCUT2D eigenvalue weighted by Crippen LogP contribution is 2.35. The van der Waals surface area contributed by atoms with Crippen molar-refractivity contribution in [3.05, 3.63) is 72.3 Å². The first-order valence-electron chi connectivity index (χ1n) is 10.2. The molecule has 1 amide bonds. The van der Waals surface area contributed by atoms with Crippen molar-refractivity contribution in [3.8, 4) is 17.2 Å². The van der Waals surface area contributed by atoms with Gasteiger partial charge in [-0.05, 0) is 61.0 Å². The molecule has 6 nitrogen and oxygen atoms in total. The first kappa shape index (κ1) is 21.6. The monoisotopic (exact) mass is 448 g/mol. The average molecular weight is 449 g/mol. The fourth-order valence-electron chi connectivity index (χ4n) is 3.42. The second-order valence-electron chi connectivity index (χ2n) is 6.99. The van der Waals surface area contributed by atoms with Crippen molar-refractivity contribution in [1.82, 2.24) is 4.98 Å². The van der Waals surface area contributed by atoms with E-state index in [0.29, 0.717) is 23.2 Å². The number of amides is 1. The number of carbonyl (C=O) groups is 1. The van der Waals surface area contributed by atoms with Crippen LogP contribution in [0, 0.1) is 0 Å². The third kappa shape index (κ3) is 4.53. The minimum atomic E-state index is -0.0968. The highest BCUT2D eigenvalue weighted by molar-refractivity contribution is 7.22. The molecule has 3 aromatic carbocycles. The van der Waals surface area contributed by atoms with Gasteiger partial charge in [0.2, 0.25) is 5.91 Å². The maximum Gasteiger partial charge on any atom is 0.237 e. The third-order valence-corrected chi connectivity index (χ3v) is 5.95. The molecule has 0 saturated carbocycles. The maximum absolute atomic E-state index is 13.5. The van der Waals surface area contributed by atoms with E-state index in [4.69, 9.17) is 19.2 Å². The molecular formula is C25H24N2O4S. The zero-order valence-corrected chi connectivity index (χ0v) is 19.0. The van der Waals surface area contributed by atoms with E-state index in [0.717, 1.165) is 27.2 Å². The third-order valence-electron chi connectivity index (χ3n) is 4.93. The van der Waals surface area contributed by atoms with Gasteiger partial charge in [-0.1, -0.05) is 29.5 Å². The second kappa shape index (κ2) is 9.70. The number of thiazole rings is 1. The Labute approximate surface area is 191 Å². The van der Waals surface area contributed by atoms with E-state index in [1.54, 1.807) is 25.2 Å². The summed E-state index contributed by atoms with van der Waals surface area (Å²) in [6.45, 7) is 2.52. The summed E-state index contributed by atoms with van der Waals surface area (Å²) in [6.07, 6.45) is 0.184. The Hall–Kier alpha value is -3.58. The molecule has 1 heterocycles. The normalized spacial score (nSPS) is 10.7. The minimum absolute atomic E-state index is 0.0968.